The van der Waals surface area contributed by atoms with Gasteiger partial charge < -0.3 is 15.8 Å². The van der Waals surface area contributed by atoms with E-state index in [1.807, 2.05) is 24.3 Å². The molecule has 2 heterocycles. The van der Waals surface area contributed by atoms with Crippen LogP contribution in [-0.2, 0) is 0 Å². The molecule has 1 atom stereocenters. The summed E-state index contributed by atoms with van der Waals surface area (Å²) >= 11 is 4.85. The van der Waals surface area contributed by atoms with Gasteiger partial charge in [-0.1, -0.05) is 30.4 Å². The molecule has 0 saturated heterocycles. The highest BCUT2D eigenvalue weighted by Crippen LogP contribution is 2.31. The van der Waals surface area contributed by atoms with Crippen LogP contribution in [0, 0.1) is 0 Å². The molecule has 0 aliphatic carbocycles. The third-order valence-electron chi connectivity index (χ3n) is 3.29. The van der Waals surface area contributed by atoms with Crippen molar-refractivity contribution in [3.05, 3.63) is 59.4 Å². The lowest BCUT2D eigenvalue weighted by Crippen LogP contribution is -2.30. The van der Waals surface area contributed by atoms with Crippen molar-refractivity contribution in [2.24, 2.45) is 5.73 Å². The Bertz CT molecular complexity index is 700. The second-order valence-corrected chi connectivity index (χ2v) is 5.11. The number of amides is 1. The number of aromatic nitrogens is 1. The van der Waals surface area contributed by atoms with Crippen LogP contribution in [0.4, 0.5) is 0 Å². The van der Waals surface area contributed by atoms with Crippen molar-refractivity contribution in [3.8, 4) is 5.75 Å². The van der Waals surface area contributed by atoms with E-state index in [0.717, 1.165) is 11.3 Å². The SMILES string of the molecule is NC(=S)c1ccc(C(=O)NC2COc3ccccc32)nc1. The molecular weight excluding hydrogens is 286 g/mol. The van der Waals surface area contributed by atoms with E-state index < -0.39 is 0 Å². The predicted molar refractivity (Wildman–Crippen MR) is 82.3 cm³/mol. The molecule has 1 aromatic carbocycles. The fourth-order valence-electron chi connectivity index (χ4n) is 2.19. The number of pyridine rings is 1. The maximum atomic E-state index is 12.2. The summed E-state index contributed by atoms with van der Waals surface area (Å²) in [5.41, 5.74) is 7.43. The van der Waals surface area contributed by atoms with Gasteiger partial charge in [0.15, 0.2) is 0 Å². The van der Waals surface area contributed by atoms with Crippen LogP contribution in [0.2, 0.25) is 0 Å². The molecule has 106 valence electrons. The number of benzene rings is 1. The molecule has 21 heavy (non-hydrogen) atoms. The van der Waals surface area contributed by atoms with E-state index in [-0.39, 0.29) is 16.9 Å². The molecular formula is C15H13N3O2S. The van der Waals surface area contributed by atoms with E-state index in [9.17, 15) is 4.79 Å². The van der Waals surface area contributed by atoms with E-state index in [0.29, 0.717) is 17.9 Å². The van der Waals surface area contributed by atoms with Gasteiger partial charge in [0.05, 0.1) is 6.04 Å². The first-order chi connectivity index (χ1) is 10.1. The van der Waals surface area contributed by atoms with Crippen molar-refractivity contribution in [2.75, 3.05) is 6.61 Å². The summed E-state index contributed by atoms with van der Waals surface area (Å²) in [6.07, 6.45) is 1.50. The molecule has 1 aliphatic heterocycles. The minimum Gasteiger partial charge on any atom is -0.491 e. The molecule has 0 saturated carbocycles. The summed E-state index contributed by atoms with van der Waals surface area (Å²) in [7, 11) is 0. The maximum absolute atomic E-state index is 12.2. The number of hydrogen-bond donors (Lipinski definition) is 2. The molecule has 3 N–H and O–H groups in total. The summed E-state index contributed by atoms with van der Waals surface area (Å²) < 4.78 is 5.53. The number of ether oxygens (including phenoxy) is 1. The quantitative estimate of drug-likeness (QED) is 0.841. The largest absolute Gasteiger partial charge is 0.491 e. The van der Waals surface area contributed by atoms with Crippen LogP contribution in [0.3, 0.4) is 0 Å². The smallest absolute Gasteiger partial charge is 0.270 e. The Labute approximate surface area is 127 Å². The fraction of sp³-hybridized carbons (Fsp3) is 0.133. The van der Waals surface area contributed by atoms with Crippen LogP contribution < -0.4 is 15.8 Å². The zero-order valence-corrected chi connectivity index (χ0v) is 11.9. The van der Waals surface area contributed by atoms with Gasteiger partial charge in [0, 0.05) is 17.3 Å². The average Bonchev–Trinajstić information content (AvgIpc) is 2.91. The van der Waals surface area contributed by atoms with Crippen molar-refractivity contribution in [2.45, 2.75) is 6.04 Å². The van der Waals surface area contributed by atoms with Crippen LogP contribution in [0.1, 0.15) is 27.7 Å². The molecule has 1 aromatic heterocycles. The van der Waals surface area contributed by atoms with E-state index in [1.54, 1.807) is 12.1 Å². The highest BCUT2D eigenvalue weighted by atomic mass is 32.1. The van der Waals surface area contributed by atoms with Crippen molar-refractivity contribution < 1.29 is 9.53 Å². The molecule has 5 nitrogen and oxygen atoms in total. The number of nitrogens with one attached hydrogen (secondary N) is 1. The van der Waals surface area contributed by atoms with Gasteiger partial charge in [0.1, 0.15) is 23.0 Å². The number of thiocarbonyl (C=S) groups is 1. The summed E-state index contributed by atoms with van der Waals surface area (Å²) in [4.78, 5) is 16.5. The summed E-state index contributed by atoms with van der Waals surface area (Å²) in [6.45, 7) is 0.427. The molecule has 2 aromatic rings. The van der Waals surface area contributed by atoms with Crippen molar-refractivity contribution in [1.82, 2.24) is 10.3 Å². The van der Waals surface area contributed by atoms with Gasteiger partial charge in [-0.2, -0.15) is 0 Å². The van der Waals surface area contributed by atoms with E-state index >= 15 is 0 Å². The number of hydrogen-bond acceptors (Lipinski definition) is 4. The van der Waals surface area contributed by atoms with Gasteiger partial charge >= 0.3 is 0 Å². The van der Waals surface area contributed by atoms with Gasteiger partial charge in [-0.3, -0.25) is 9.78 Å². The Hall–Kier alpha value is -2.47. The normalized spacial score (nSPS) is 15.9. The minimum atomic E-state index is -0.255. The second kappa shape index (κ2) is 5.49. The maximum Gasteiger partial charge on any atom is 0.270 e. The van der Waals surface area contributed by atoms with Gasteiger partial charge in [0.2, 0.25) is 0 Å². The van der Waals surface area contributed by atoms with Crippen LogP contribution >= 0.6 is 12.2 Å². The number of carbonyl (C=O) groups is 1. The molecule has 3 rings (SSSR count). The Morgan fingerprint density at radius 3 is 2.86 bits per heavy atom. The topological polar surface area (TPSA) is 77.2 Å². The van der Waals surface area contributed by atoms with E-state index in [1.165, 1.54) is 6.20 Å². The Balaban J connectivity index is 1.74. The molecule has 0 fully saturated rings. The number of para-hydroxylation sites is 1. The van der Waals surface area contributed by atoms with Crippen LogP contribution in [0.15, 0.2) is 42.6 Å². The van der Waals surface area contributed by atoms with Gasteiger partial charge in [0.25, 0.3) is 5.91 Å². The number of fused-ring (bicyclic) bond motifs is 1. The first-order valence-corrected chi connectivity index (χ1v) is 6.84. The standard InChI is InChI=1S/C15H13N3O2S/c16-14(21)9-5-6-11(17-7-9)15(19)18-12-8-20-13-4-2-1-3-10(12)13/h1-7,12H,8H2,(H2,16,21)(H,18,19). The fourth-order valence-corrected chi connectivity index (χ4v) is 2.31. The zero-order chi connectivity index (χ0) is 14.8. The van der Waals surface area contributed by atoms with E-state index in [4.69, 9.17) is 22.7 Å². The van der Waals surface area contributed by atoms with Crippen LogP contribution in [-0.4, -0.2) is 22.5 Å². The third-order valence-corrected chi connectivity index (χ3v) is 3.52. The number of nitrogens with two attached hydrogens (primary N) is 1. The molecule has 0 bridgehead atoms. The Morgan fingerprint density at radius 2 is 2.14 bits per heavy atom. The second-order valence-electron chi connectivity index (χ2n) is 4.67. The molecule has 1 unspecified atom stereocenters. The predicted octanol–water partition coefficient (Wildman–Crippen LogP) is 1.58. The molecule has 0 spiro atoms. The summed E-state index contributed by atoms with van der Waals surface area (Å²) in [6, 6.07) is 10.8. The van der Waals surface area contributed by atoms with Gasteiger partial charge in [-0.15, -0.1) is 0 Å². The Morgan fingerprint density at radius 1 is 1.33 bits per heavy atom. The lowest BCUT2D eigenvalue weighted by Gasteiger charge is -2.11. The minimum absolute atomic E-state index is 0.161. The number of rotatable bonds is 3. The third kappa shape index (κ3) is 2.71. The molecule has 1 amide bonds. The highest BCUT2D eigenvalue weighted by molar-refractivity contribution is 7.80. The summed E-state index contributed by atoms with van der Waals surface area (Å²) in [5, 5.41) is 2.91. The lowest BCUT2D eigenvalue weighted by molar-refractivity contribution is 0.0925. The lowest BCUT2D eigenvalue weighted by atomic mass is 10.1. The molecule has 0 radical (unpaired) electrons. The number of nitrogens with zero attached hydrogens (tertiary/aromatic N) is 1. The van der Waals surface area contributed by atoms with Crippen molar-refractivity contribution in [1.29, 1.82) is 0 Å². The van der Waals surface area contributed by atoms with E-state index in [2.05, 4.69) is 10.3 Å². The first kappa shape index (κ1) is 13.5. The Kier molecular flexibility index (Phi) is 3.53. The van der Waals surface area contributed by atoms with Crippen molar-refractivity contribution in [3.63, 3.8) is 0 Å². The molecule has 1 aliphatic rings. The van der Waals surface area contributed by atoms with Gasteiger partial charge in [-0.25, -0.2) is 0 Å². The summed E-state index contributed by atoms with van der Waals surface area (Å²) in [5.74, 6) is 0.550. The zero-order valence-electron chi connectivity index (χ0n) is 11.1. The van der Waals surface area contributed by atoms with Crippen LogP contribution in [0.25, 0.3) is 0 Å². The average molecular weight is 299 g/mol. The number of carbonyl (C=O) groups excluding carboxylic acids is 1. The highest BCUT2D eigenvalue weighted by Gasteiger charge is 2.25. The first-order valence-electron chi connectivity index (χ1n) is 6.43. The van der Waals surface area contributed by atoms with Crippen molar-refractivity contribution >= 4 is 23.1 Å². The molecule has 6 heteroatoms. The monoisotopic (exact) mass is 299 g/mol. The van der Waals surface area contributed by atoms with Gasteiger partial charge in [-0.05, 0) is 18.2 Å². The van der Waals surface area contributed by atoms with Crippen LogP contribution in [0.5, 0.6) is 5.75 Å².